The molecule has 0 saturated heterocycles. The molecule has 0 aliphatic rings. The van der Waals surface area contributed by atoms with Gasteiger partial charge in [-0.1, -0.05) is 23.4 Å². The first-order chi connectivity index (χ1) is 7.65. The molecule has 0 saturated carbocycles. The van der Waals surface area contributed by atoms with E-state index in [2.05, 4.69) is 15.9 Å². The van der Waals surface area contributed by atoms with Crippen LogP contribution in [0.4, 0.5) is 4.39 Å². The fourth-order valence-corrected chi connectivity index (χ4v) is 2.73. The van der Waals surface area contributed by atoms with Crippen molar-refractivity contribution >= 4 is 39.3 Å². The first-order valence-corrected chi connectivity index (χ1v) is 6.52. The van der Waals surface area contributed by atoms with Gasteiger partial charge in [-0.15, -0.1) is 0 Å². The highest BCUT2D eigenvalue weighted by molar-refractivity contribution is 9.10. The summed E-state index contributed by atoms with van der Waals surface area (Å²) >= 11 is 10.7. The van der Waals surface area contributed by atoms with E-state index in [4.69, 9.17) is 11.6 Å². The zero-order chi connectivity index (χ0) is 11.5. The van der Waals surface area contributed by atoms with Gasteiger partial charge in [-0.25, -0.2) is 4.39 Å². The lowest BCUT2D eigenvalue weighted by molar-refractivity contribution is 0.625. The molecular formula is C12H7BrClFS. The average molecular weight is 318 g/mol. The Morgan fingerprint density at radius 3 is 2.38 bits per heavy atom. The number of rotatable bonds is 2. The lowest BCUT2D eigenvalue weighted by atomic mass is 10.3. The Hall–Kier alpha value is -0.510. The fraction of sp³-hybridized carbons (Fsp3) is 0. The molecule has 2 aromatic carbocycles. The minimum absolute atomic E-state index is 0.243. The molecule has 0 radical (unpaired) electrons. The molecular weight excluding hydrogens is 311 g/mol. The standard InChI is InChI=1S/C12H7BrClFS/c13-11-7-9(15)3-6-12(11)16-10-4-1-8(14)2-5-10/h1-7H. The monoisotopic (exact) mass is 316 g/mol. The van der Waals surface area contributed by atoms with E-state index in [9.17, 15) is 4.39 Å². The van der Waals surface area contributed by atoms with Crippen molar-refractivity contribution in [1.29, 1.82) is 0 Å². The molecule has 16 heavy (non-hydrogen) atoms. The fourth-order valence-electron chi connectivity index (χ4n) is 1.19. The second-order valence-electron chi connectivity index (χ2n) is 3.13. The molecule has 0 aromatic heterocycles. The van der Waals surface area contributed by atoms with Crippen LogP contribution in [0.1, 0.15) is 0 Å². The number of benzene rings is 2. The van der Waals surface area contributed by atoms with Crippen LogP contribution in [0.25, 0.3) is 0 Å². The van der Waals surface area contributed by atoms with Gasteiger partial charge in [0.25, 0.3) is 0 Å². The van der Waals surface area contributed by atoms with Gasteiger partial charge in [0.2, 0.25) is 0 Å². The maximum absolute atomic E-state index is 12.9. The van der Waals surface area contributed by atoms with E-state index in [1.807, 2.05) is 24.3 Å². The SMILES string of the molecule is Fc1ccc(Sc2ccc(Cl)cc2)c(Br)c1. The number of halogens is 3. The predicted molar refractivity (Wildman–Crippen MR) is 69.7 cm³/mol. The highest BCUT2D eigenvalue weighted by atomic mass is 79.9. The molecule has 0 nitrogen and oxygen atoms in total. The average Bonchev–Trinajstić information content (AvgIpc) is 2.25. The second-order valence-corrected chi connectivity index (χ2v) is 5.54. The van der Waals surface area contributed by atoms with E-state index in [0.29, 0.717) is 5.02 Å². The van der Waals surface area contributed by atoms with Gasteiger partial charge in [-0.2, -0.15) is 0 Å². The summed E-state index contributed by atoms with van der Waals surface area (Å²) in [5, 5.41) is 0.711. The molecule has 2 aromatic rings. The highest BCUT2D eigenvalue weighted by Gasteiger charge is 2.03. The molecule has 0 atom stereocenters. The van der Waals surface area contributed by atoms with E-state index in [-0.39, 0.29) is 5.82 Å². The van der Waals surface area contributed by atoms with Crippen molar-refractivity contribution in [2.24, 2.45) is 0 Å². The Morgan fingerprint density at radius 2 is 1.75 bits per heavy atom. The predicted octanol–water partition coefficient (Wildman–Crippen LogP) is 5.39. The summed E-state index contributed by atoms with van der Waals surface area (Å²) in [4.78, 5) is 2.04. The van der Waals surface area contributed by atoms with E-state index >= 15 is 0 Å². The van der Waals surface area contributed by atoms with Crippen LogP contribution in [-0.4, -0.2) is 0 Å². The maximum Gasteiger partial charge on any atom is 0.124 e. The summed E-state index contributed by atoms with van der Waals surface area (Å²) in [5.74, 6) is -0.243. The minimum atomic E-state index is -0.243. The first kappa shape index (κ1) is 12.0. The third-order valence-corrected chi connectivity index (χ3v) is 4.19. The van der Waals surface area contributed by atoms with Crippen molar-refractivity contribution in [3.63, 3.8) is 0 Å². The Kier molecular flexibility index (Phi) is 3.90. The quantitative estimate of drug-likeness (QED) is 0.715. The zero-order valence-electron chi connectivity index (χ0n) is 8.08. The molecule has 0 aliphatic carbocycles. The molecule has 0 aliphatic heterocycles. The topological polar surface area (TPSA) is 0 Å². The second kappa shape index (κ2) is 5.21. The molecule has 0 heterocycles. The van der Waals surface area contributed by atoms with E-state index in [0.717, 1.165) is 14.3 Å². The Labute approximate surface area is 111 Å². The smallest absolute Gasteiger partial charge is 0.124 e. The van der Waals surface area contributed by atoms with Crippen molar-refractivity contribution in [1.82, 2.24) is 0 Å². The summed E-state index contributed by atoms with van der Waals surface area (Å²) < 4.78 is 13.6. The summed E-state index contributed by atoms with van der Waals surface area (Å²) in [6.45, 7) is 0. The van der Waals surface area contributed by atoms with Crippen molar-refractivity contribution in [3.05, 3.63) is 57.8 Å². The van der Waals surface area contributed by atoms with Crippen LogP contribution in [0.2, 0.25) is 5.02 Å². The highest BCUT2D eigenvalue weighted by Crippen LogP contribution is 2.34. The molecule has 0 N–H and O–H groups in total. The van der Waals surface area contributed by atoms with Gasteiger partial charge in [0.1, 0.15) is 5.82 Å². The summed E-state index contributed by atoms with van der Waals surface area (Å²) in [5.41, 5.74) is 0. The molecule has 0 unspecified atom stereocenters. The van der Waals surface area contributed by atoms with Gasteiger partial charge in [0.15, 0.2) is 0 Å². The maximum atomic E-state index is 12.9. The molecule has 0 bridgehead atoms. The van der Waals surface area contributed by atoms with Crippen molar-refractivity contribution in [2.75, 3.05) is 0 Å². The minimum Gasteiger partial charge on any atom is -0.207 e. The normalized spacial score (nSPS) is 10.4. The zero-order valence-corrected chi connectivity index (χ0v) is 11.2. The summed E-state index contributed by atoms with van der Waals surface area (Å²) in [7, 11) is 0. The van der Waals surface area contributed by atoms with Gasteiger partial charge >= 0.3 is 0 Å². The van der Waals surface area contributed by atoms with Gasteiger partial charge < -0.3 is 0 Å². The van der Waals surface area contributed by atoms with Crippen molar-refractivity contribution in [2.45, 2.75) is 9.79 Å². The van der Waals surface area contributed by atoms with Crippen LogP contribution >= 0.6 is 39.3 Å². The van der Waals surface area contributed by atoms with E-state index in [1.54, 1.807) is 17.8 Å². The van der Waals surface area contributed by atoms with Gasteiger partial charge in [0, 0.05) is 19.3 Å². The van der Waals surface area contributed by atoms with Crippen LogP contribution in [0.5, 0.6) is 0 Å². The first-order valence-electron chi connectivity index (χ1n) is 4.53. The van der Waals surface area contributed by atoms with Crippen LogP contribution in [0.3, 0.4) is 0 Å². The van der Waals surface area contributed by atoms with Gasteiger partial charge in [-0.3, -0.25) is 0 Å². The van der Waals surface area contributed by atoms with Crippen LogP contribution < -0.4 is 0 Å². The Bertz CT molecular complexity index is 499. The largest absolute Gasteiger partial charge is 0.207 e. The summed E-state index contributed by atoms with van der Waals surface area (Å²) in [6, 6.07) is 12.2. The van der Waals surface area contributed by atoms with E-state index in [1.165, 1.54) is 12.1 Å². The molecule has 0 spiro atoms. The number of hydrogen-bond donors (Lipinski definition) is 0. The third kappa shape index (κ3) is 3.00. The molecule has 4 heteroatoms. The lowest BCUT2D eigenvalue weighted by Crippen LogP contribution is -1.78. The van der Waals surface area contributed by atoms with Crippen LogP contribution in [-0.2, 0) is 0 Å². The van der Waals surface area contributed by atoms with Crippen molar-refractivity contribution in [3.8, 4) is 0 Å². The van der Waals surface area contributed by atoms with E-state index < -0.39 is 0 Å². The summed E-state index contributed by atoms with van der Waals surface area (Å²) in [6.07, 6.45) is 0. The van der Waals surface area contributed by atoms with Crippen LogP contribution in [0, 0.1) is 5.82 Å². The number of hydrogen-bond acceptors (Lipinski definition) is 1. The van der Waals surface area contributed by atoms with Gasteiger partial charge in [-0.05, 0) is 58.4 Å². The Morgan fingerprint density at radius 1 is 1.06 bits per heavy atom. The van der Waals surface area contributed by atoms with Crippen molar-refractivity contribution < 1.29 is 4.39 Å². The molecule has 0 amide bonds. The molecule has 2 rings (SSSR count). The molecule has 0 fully saturated rings. The van der Waals surface area contributed by atoms with Crippen LogP contribution in [0.15, 0.2) is 56.7 Å². The lowest BCUT2D eigenvalue weighted by Gasteiger charge is -2.04. The Balaban J connectivity index is 2.23. The van der Waals surface area contributed by atoms with Gasteiger partial charge in [0.05, 0.1) is 0 Å². The third-order valence-electron chi connectivity index (χ3n) is 1.94. The molecule has 82 valence electrons.